The van der Waals surface area contributed by atoms with Crippen LogP contribution in [0.5, 0.6) is 5.75 Å². The Kier molecular flexibility index (Phi) is 4.40. The Hall–Kier alpha value is -1.22. The number of nitrogens with two attached hydrogens (primary N) is 1. The van der Waals surface area contributed by atoms with Crippen LogP contribution in [0.1, 0.15) is 31.9 Å². The number of nitrogen functional groups attached to an aromatic ring is 1. The van der Waals surface area contributed by atoms with E-state index < -0.39 is 0 Å². The number of hydrogen-bond donors (Lipinski definition) is 1. The van der Waals surface area contributed by atoms with E-state index in [0.29, 0.717) is 13.2 Å². The van der Waals surface area contributed by atoms with Crippen LogP contribution >= 0.6 is 0 Å². The molecule has 0 heterocycles. The third-order valence-electron chi connectivity index (χ3n) is 2.44. The Bertz CT molecular complexity index is 381. The molecule has 0 unspecified atom stereocenters. The van der Waals surface area contributed by atoms with Crippen LogP contribution in [0.3, 0.4) is 0 Å². The average Bonchev–Trinajstić information content (AvgIpc) is 2.18. The molecule has 17 heavy (non-hydrogen) atoms. The van der Waals surface area contributed by atoms with Gasteiger partial charge in [0.05, 0.1) is 12.2 Å². The number of hydrogen-bond acceptors (Lipinski definition) is 3. The highest BCUT2D eigenvalue weighted by atomic mass is 16.5. The zero-order valence-electron chi connectivity index (χ0n) is 11.5. The van der Waals surface area contributed by atoms with Crippen molar-refractivity contribution in [2.75, 3.05) is 18.9 Å². The third-order valence-corrected chi connectivity index (χ3v) is 2.44. The topological polar surface area (TPSA) is 44.5 Å². The van der Waals surface area contributed by atoms with Crippen molar-refractivity contribution in [3.63, 3.8) is 0 Å². The summed E-state index contributed by atoms with van der Waals surface area (Å²) < 4.78 is 11.3. The van der Waals surface area contributed by atoms with Gasteiger partial charge in [-0.3, -0.25) is 0 Å². The van der Waals surface area contributed by atoms with Gasteiger partial charge in [-0.15, -0.1) is 0 Å². The molecule has 0 aliphatic carbocycles. The fraction of sp³-hybridized carbons (Fsp3) is 0.571. The summed E-state index contributed by atoms with van der Waals surface area (Å²) in [6, 6.07) is 3.91. The van der Waals surface area contributed by atoms with Crippen molar-refractivity contribution >= 4 is 5.69 Å². The minimum Gasteiger partial charge on any atom is -0.491 e. The van der Waals surface area contributed by atoms with Gasteiger partial charge in [0, 0.05) is 11.8 Å². The van der Waals surface area contributed by atoms with Gasteiger partial charge in [0.2, 0.25) is 0 Å². The van der Waals surface area contributed by atoms with Crippen molar-refractivity contribution in [2.45, 2.75) is 40.2 Å². The van der Waals surface area contributed by atoms with E-state index in [-0.39, 0.29) is 5.60 Å². The number of benzene rings is 1. The van der Waals surface area contributed by atoms with Gasteiger partial charge in [0.15, 0.2) is 0 Å². The molecular weight excluding hydrogens is 214 g/mol. The van der Waals surface area contributed by atoms with Gasteiger partial charge in [0.1, 0.15) is 12.4 Å². The smallest absolute Gasteiger partial charge is 0.124 e. The summed E-state index contributed by atoms with van der Waals surface area (Å²) >= 11 is 0. The van der Waals surface area contributed by atoms with E-state index in [4.69, 9.17) is 15.2 Å². The van der Waals surface area contributed by atoms with Crippen LogP contribution in [0.2, 0.25) is 0 Å². The van der Waals surface area contributed by atoms with Gasteiger partial charge < -0.3 is 15.2 Å². The van der Waals surface area contributed by atoms with Crippen LogP contribution in [0.25, 0.3) is 0 Å². The monoisotopic (exact) mass is 237 g/mol. The normalized spacial score (nSPS) is 11.6. The van der Waals surface area contributed by atoms with Crippen molar-refractivity contribution in [3.8, 4) is 5.75 Å². The molecule has 3 nitrogen and oxygen atoms in total. The standard InChI is InChI=1S/C14H23NO2/c1-10-8-11(2)13(9-12(10)15)16-6-7-17-14(3,4)5/h8-9H,6-7,15H2,1-5H3. The molecule has 1 rings (SSSR count). The van der Waals surface area contributed by atoms with Crippen LogP contribution in [-0.2, 0) is 4.74 Å². The molecule has 2 N–H and O–H groups in total. The Morgan fingerprint density at radius 2 is 1.71 bits per heavy atom. The van der Waals surface area contributed by atoms with Gasteiger partial charge in [0.25, 0.3) is 0 Å². The molecule has 1 aromatic rings. The summed E-state index contributed by atoms with van der Waals surface area (Å²) in [5.41, 5.74) is 8.69. The van der Waals surface area contributed by atoms with Crippen LogP contribution in [0.4, 0.5) is 5.69 Å². The summed E-state index contributed by atoms with van der Waals surface area (Å²) in [5.74, 6) is 0.839. The molecule has 0 aliphatic rings. The van der Waals surface area contributed by atoms with Crippen LogP contribution in [-0.4, -0.2) is 18.8 Å². The first kappa shape index (κ1) is 13.8. The lowest BCUT2D eigenvalue weighted by atomic mass is 10.1. The molecular formula is C14H23NO2. The number of anilines is 1. The average molecular weight is 237 g/mol. The van der Waals surface area contributed by atoms with Gasteiger partial charge in [-0.2, -0.15) is 0 Å². The molecule has 1 aromatic carbocycles. The predicted molar refractivity (Wildman–Crippen MR) is 71.5 cm³/mol. The maximum absolute atomic E-state index is 5.85. The van der Waals surface area contributed by atoms with Crippen molar-refractivity contribution in [2.24, 2.45) is 0 Å². The van der Waals surface area contributed by atoms with Crippen LogP contribution < -0.4 is 10.5 Å². The Labute approximate surface area is 104 Å². The van der Waals surface area contributed by atoms with E-state index in [2.05, 4.69) is 0 Å². The fourth-order valence-electron chi connectivity index (χ4n) is 1.50. The summed E-state index contributed by atoms with van der Waals surface area (Å²) in [4.78, 5) is 0. The van der Waals surface area contributed by atoms with Crippen LogP contribution in [0, 0.1) is 13.8 Å². The van der Waals surface area contributed by atoms with Gasteiger partial charge in [-0.25, -0.2) is 0 Å². The van der Waals surface area contributed by atoms with E-state index >= 15 is 0 Å². The zero-order valence-corrected chi connectivity index (χ0v) is 11.5. The lowest BCUT2D eigenvalue weighted by Crippen LogP contribution is -2.22. The first-order valence-corrected chi connectivity index (χ1v) is 5.93. The maximum Gasteiger partial charge on any atom is 0.124 e. The molecule has 0 saturated carbocycles. The van der Waals surface area contributed by atoms with E-state index in [0.717, 1.165) is 22.6 Å². The SMILES string of the molecule is Cc1cc(C)c(OCCOC(C)(C)C)cc1N. The van der Waals surface area contributed by atoms with E-state index in [1.807, 2.05) is 46.8 Å². The maximum atomic E-state index is 5.85. The highest BCUT2D eigenvalue weighted by Gasteiger charge is 2.09. The first-order chi connectivity index (χ1) is 7.79. The number of rotatable bonds is 4. The highest BCUT2D eigenvalue weighted by Crippen LogP contribution is 2.24. The van der Waals surface area contributed by atoms with Crippen molar-refractivity contribution in [1.82, 2.24) is 0 Å². The lowest BCUT2D eigenvalue weighted by molar-refractivity contribution is -0.0163. The van der Waals surface area contributed by atoms with Gasteiger partial charge in [-0.1, -0.05) is 6.07 Å². The molecule has 0 saturated heterocycles. The van der Waals surface area contributed by atoms with Crippen molar-refractivity contribution < 1.29 is 9.47 Å². The van der Waals surface area contributed by atoms with Crippen molar-refractivity contribution in [3.05, 3.63) is 23.3 Å². The quantitative estimate of drug-likeness (QED) is 0.646. The summed E-state index contributed by atoms with van der Waals surface area (Å²) in [7, 11) is 0. The van der Waals surface area contributed by atoms with Crippen molar-refractivity contribution in [1.29, 1.82) is 0 Å². The molecule has 0 atom stereocenters. The second-order valence-corrected chi connectivity index (χ2v) is 5.28. The minimum atomic E-state index is -0.120. The molecule has 96 valence electrons. The van der Waals surface area contributed by atoms with Crippen LogP contribution in [0.15, 0.2) is 12.1 Å². The number of aryl methyl sites for hydroxylation is 2. The van der Waals surface area contributed by atoms with E-state index in [1.54, 1.807) is 0 Å². The first-order valence-electron chi connectivity index (χ1n) is 5.93. The molecule has 0 aliphatic heterocycles. The predicted octanol–water partition coefficient (Wildman–Crippen LogP) is 3.08. The Balaban J connectivity index is 2.50. The Morgan fingerprint density at radius 3 is 2.29 bits per heavy atom. The molecule has 0 spiro atoms. The number of ether oxygens (including phenoxy) is 2. The summed E-state index contributed by atoms with van der Waals surface area (Å²) in [5, 5.41) is 0. The second kappa shape index (κ2) is 5.41. The van der Waals surface area contributed by atoms with Gasteiger partial charge >= 0.3 is 0 Å². The van der Waals surface area contributed by atoms with E-state index in [9.17, 15) is 0 Å². The molecule has 0 bridgehead atoms. The fourth-order valence-corrected chi connectivity index (χ4v) is 1.50. The van der Waals surface area contributed by atoms with E-state index in [1.165, 1.54) is 0 Å². The van der Waals surface area contributed by atoms with Gasteiger partial charge in [-0.05, 0) is 45.7 Å². The third kappa shape index (κ3) is 4.65. The Morgan fingerprint density at radius 1 is 1.06 bits per heavy atom. The largest absolute Gasteiger partial charge is 0.491 e. The highest BCUT2D eigenvalue weighted by molar-refractivity contribution is 5.54. The second-order valence-electron chi connectivity index (χ2n) is 5.28. The summed E-state index contributed by atoms with van der Waals surface area (Å²) in [6.45, 7) is 11.2. The molecule has 0 aromatic heterocycles. The minimum absolute atomic E-state index is 0.120. The zero-order chi connectivity index (χ0) is 13.1. The molecule has 0 fully saturated rings. The molecule has 0 amide bonds. The lowest BCUT2D eigenvalue weighted by Gasteiger charge is -2.20. The molecule has 0 radical (unpaired) electrons. The molecule has 3 heteroatoms. The summed E-state index contributed by atoms with van der Waals surface area (Å²) in [6.07, 6.45) is 0.